The van der Waals surface area contributed by atoms with Gasteiger partial charge in [0.15, 0.2) is 0 Å². The molecule has 0 unspecified atom stereocenters. The number of rotatable bonds is 5. The largest absolute Gasteiger partial charge is 0.462 e. The fourth-order valence-corrected chi connectivity index (χ4v) is 2.01. The molecule has 0 radical (unpaired) electrons. The highest BCUT2D eigenvalue weighted by atomic mass is 16.5. The summed E-state index contributed by atoms with van der Waals surface area (Å²) in [6.07, 6.45) is 5.18. The molecule has 0 spiro atoms. The van der Waals surface area contributed by atoms with Gasteiger partial charge in [0.1, 0.15) is 5.56 Å². The summed E-state index contributed by atoms with van der Waals surface area (Å²) in [7, 11) is 0. The van der Waals surface area contributed by atoms with Crippen LogP contribution in [0.15, 0.2) is 18.5 Å². The van der Waals surface area contributed by atoms with Crippen molar-refractivity contribution in [1.29, 1.82) is 0 Å². The Labute approximate surface area is 113 Å². The van der Waals surface area contributed by atoms with Crippen molar-refractivity contribution in [3.05, 3.63) is 24.0 Å². The van der Waals surface area contributed by atoms with Gasteiger partial charge in [-0.1, -0.05) is 13.3 Å². The lowest BCUT2D eigenvalue weighted by Gasteiger charge is -2.29. The number of hydrogen-bond acceptors (Lipinski definition) is 5. The number of anilines is 1. The van der Waals surface area contributed by atoms with Gasteiger partial charge in [-0.2, -0.15) is 0 Å². The van der Waals surface area contributed by atoms with Gasteiger partial charge < -0.3 is 14.4 Å². The minimum Gasteiger partial charge on any atom is -0.462 e. The minimum absolute atomic E-state index is 0.289. The van der Waals surface area contributed by atoms with E-state index in [4.69, 9.17) is 9.47 Å². The number of carbonyl (C=O) groups is 1. The van der Waals surface area contributed by atoms with Crippen LogP contribution in [0.5, 0.6) is 0 Å². The number of esters is 1. The van der Waals surface area contributed by atoms with E-state index in [1.54, 1.807) is 12.4 Å². The van der Waals surface area contributed by atoms with Crippen LogP contribution in [0.1, 0.15) is 30.1 Å². The number of morpholine rings is 1. The van der Waals surface area contributed by atoms with E-state index in [-0.39, 0.29) is 5.97 Å². The third kappa shape index (κ3) is 3.67. The standard InChI is InChI=1S/C14H20N2O3/c1-2-3-8-19-14(17)12-11-15-5-4-13(12)16-6-9-18-10-7-16/h4-5,11H,2-3,6-10H2,1H3. The zero-order valence-electron chi connectivity index (χ0n) is 11.3. The van der Waals surface area contributed by atoms with Crippen molar-refractivity contribution in [1.82, 2.24) is 4.98 Å². The molecule has 1 aromatic heterocycles. The number of nitrogens with zero attached hydrogens (tertiary/aromatic N) is 2. The van der Waals surface area contributed by atoms with Crippen LogP contribution in [0.2, 0.25) is 0 Å². The number of ether oxygens (including phenoxy) is 2. The number of aromatic nitrogens is 1. The molecular formula is C14H20N2O3. The Kier molecular flexibility index (Phi) is 5.15. The van der Waals surface area contributed by atoms with Crippen molar-refractivity contribution in [2.45, 2.75) is 19.8 Å². The van der Waals surface area contributed by atoms with Gasteiger partial charge in [-0.05, 0) is 12.5 Å². The summed E-state index contributed by atoms with van der Waals surface area (Å²) in [5, 5.41) is 0. The summed E-state index contributed by atoms with van der Waals surface area (Å²) < 4.78 is 10.6. The third-order valence-corrected chi connectivity index (χ3v) is 3.10. The highest BCUT2D eigenvalue weighted by Gasteiger charge is 2.19. The molecule has 1 aliphatic heterocycles. The van der Waals surface area contributed by atoms with E-state index in [2.05, 4.69) is 16.8 Å². The molecule has 2 heterocycles. The van der Waals surface area contributed by atoms with Gasteiger partial charge in [0.25, 0.3) is 0 Å². The van der Waals surface area contributed by atoms with Gasteiger partial charge in [-0.25, -0.2) is 4.79 Å². The van der Waals surface area contributed by atoms with Crippen LogP contribution < -0.4 is 4.90 Å². The SMILES string of the molecule is CCCCOC(=O)c1cnccc1N1CCOCC1. The lowest BCUT2D eigenvalue weighted by atomic mass is 10.2. The van der Waals surface area contributed by atoms with Gasteiger partial charge >= 0.3 is 5.97 Å². The molecular weight excluding hydrogens is 244 g/mol. The van der Waals surface area contributed by atoms with Gasteiger partial charge in [-0.15, -0.1) is 0 Å². The molecule has 0 aromatic carbocycles. The molecule has 1 fully saturated rings. The summed E-state index contributed by atoms with van der Waals surface area (Å²) in [6.45, 7) is 5.49. The maximum atomic E-state index is 12.1. The quantitative estimate of drug-likeness (QED) is 0.600. The Bertz CT molecular complexity index is 417. The van der Waals surface area contributed by atoms with Crippen molar-refractivity contribution >= 4 is 11.7 Å². The summed E-state index contributed by atoms with van der Waals surface area (Å²) in [6, 6.07) is 1.86. The molecule has 0 aliphatic carbocycles. The lowest BCUT2D eigenvalue weighted by Crippen LogP contribution is -2.37. The Morgan fingerprint density at radius 1 is 1.47 bits per heavy atom. The number of hydrogen-bond donors (Lipinski definition) is 0. The van der Waals surface area contributed by atoms with Gasteiger partial charge in [-0.3, -0.25) is 4.98 Å². The summed E-state index contributed by atoms with van der Waals surface area (Å²) in [5.41, 5.74) is 1.43. The van der Waals surface area contributed by atoms with E-state index in [0.717, 1.165) is 31.6 Å². The van der Waals surface area contributed by atoms with E-state index in [0.29, 0.717) is 25.4 Å². The predicted molar refractivity (Wildman–Crippen MR) is 72.5 cm³/mol. The summed E-state index contributed by atoms with van der Waals surface area (Å²) in [4.78, 5) is 18.2. The predicted octanol–water partition coefficient (Wildman–Crippen LogP) is 1.88. The average molecular weight is 264 g/mol. The molecule has 2 rings (SSSR count). The van der Waals surface area contributed by atoms with Crippen molar-refractivity contribution in [2.75, 3.05) is 37.8 Å². The van der Waals surface area contributed by atoms with E-state index >= 15 is 0 Å². The second-order valence-electron chi connectivity index (χ2n) is 4.48. The van der Waals surface area contributed by atoms with Gasteiger partial charge in [0, 0.05) is 25.5 Å². The molecule has 0 saturated carbocycles. The van der Waals surface area contributed by atoms with Gasteiger partial charge in [0.05, 0.1) is 25.5 Å². The van der Waals surface area contributed by atoms with Crippen LogP contribution in [0, 0.1) is 0 Å². The van der Waals surface area contributed by atoms with Crippen LogP contribution in [0.25, 0.3) is 0 Å². The second kappa shape index (κ2) is 7.09. The first-order chi connectivity index (χ1) is 9.33. The first-order valence-corrected chi connectivity index (χ1v) is 6.76. The monoisotopic (exact) mass is 264 g/mol. The van der Waals surface area contributed by atoms with Crippen molar-refractivity contribution in [3.8, 4) is 0 Å². The molecule has 5 nitrogen and oxygen atoms in total. The molecule has 0 bridgehead atoms. The molecule has 104 valence electrons. The molecule has 0 N–H and O–H groups in total. The number of carbonyl (C=O) groups excluding carboxylic acids is 1. The fraction of sp³-hybridized carbons (Fsp3) is 0.571. The molecule has 5 heteroatoms. The fourth-order valence-electron chi connectivity index (χ4n) is 2.01. The first-order valence-electron chi connectivity index (χ1n) is 6.76. The highest BCUT2D eigenvalue weighted by Crippen LogP contribution is 2.21. The van der Waals surface area contributed by atoms with E-state index in [1.807, 2.05) is 6.07 Å². The molecule has 1 saturated heterocycles. The summed E-state index contributed by atoms with van der Waals surface area (Å²) in [5.74, 6) is -0.289. The highest BCUT2D eigenvalue weighted by molar-refractivity contribution is 5.95. The van der Waals surface area contributed by atoms with Crippen molar-refractivity contribution in [3.63, 3.8) is 0 Å². The van der Waals surface area contributed by atoms with Gasteiger partial charge in [0.2, 0.25) is 0 Å². The van der Waals surface area contributed by atoms with Crippen molar-refractivity contribution < 1.29 is 14.3 Å². The first kappa shape index (κ1) is 13.8. The normalized spacial score (nSPS) is 15.3. The van der Waals surface area contributed by atoms with E-state index in [1.165, 1.54) is 0 Å². The smallest absolute Gasteiger partial charge is 0.341 e. The summed E-state index contributed by atoms with van der Waals surface area (Å²) >= 11 is 0. The third-order valence-electron chi connectivity index (χ3n) is 3.10. The maximum absolute atomic E-state index is 12.1. The molecule has 0 atom stereocenters. The topological polar surface area (TPSA) is 51.7 Å². The van der Waals surface area contributed by atoms with Crippen LogP contribution in [0.4, 0.5) is 5.69 Å². The molecule has 19 heavy (non-hydrogen) atoms. The Morgan fingerprint density at radius 2 is 2.26 bits per heavy atom. The second-order valence-corrected chi connectivity index (χ2v) is 4.48. The zero-order valence-corrected chi connectivity index (χ0v) is 11.3. The minimum atomic E-state index is -0.289. The molecule has 1 aliphatic rings. The van der Waals surface area contributed by atoms with Crippen LogP contribution in [-0.4, -0.2) is 43.9 Å². The number of unbranched alkanes of at least 4 members (excludes halogenated alkanes) is 1. The average Bonchev–Trinajstić information content (AvgIpc) is 2.48. The van der Waals surface area contributed by atoms with Crippen LogP contribution in [-0.2, 0) is 9.47 Å². The number of pyridine rings is 1. The van der Waals surface area contributed by atoms with Crippen LogP contribution >= 0.6 is 0 Å². The Hall–Kier alpha value is -1.62. The zero-order chi connectivity index (χ0) is 13.5. The Morgan fingerprint density at radius 3 is 3.00 bits per heavy atom. The Balaban J connectivity index is 2.08. The maximum Gasteiger partial charge on any atom is 0.341 e. The molecule has 0 amide bonds. The van der Waals surface area contributed by atoms with Crippen LogP contribution in [0.3, 0.4) is 0 Å². The molecule has 1 aromatic rings. The lowest BCUT2D eigenvalue weighted by molar-refractivity contribution is 0.0499. The van der Waals surface area contributed by atoms with Crippen molar-refractivity contribution in [2.24, 2.45) is 0 Å². The van der Waals surface area contributed by atoms with E-state index in [9.17, 15) is 4.79 Å². The van der Waals surface area contributed by atoms with E-state index < -0.39 is 0 Å².